The summed E-state index contributed by atoms with van der Waals surface area (Å²) in [6.45, 7) is 3.14. The first-order valence-electron chi connectivity index (χ1n) is 6.83. The summed E-state index contributed by atoms with van der Waals surface area (Å²) in [5, 5.41) is 6.63. The van der Waals surface area contributed by atoms with Crippen LogP contribution in [0.5, 0.6) is 5.75 Å². The van der Waals surface area contributed by atoms with Crippen LogP contribution in [0, 0.1) is 6.92 Å². The van der Waals surface area contributed by atoms with Crippen LogP contribution in [0.2, 0.25) is 0 Å². The topological polar surface area (TPSA) is 56.1 Å². The molecule has 0 fully saturated rings. The van der Waals surface area contributed by atoms with E-state index in [1.165, 1.54) is 29.8 Å². The first kappa shape index (κ1) is 16.9. The van der Waals surface area contributed by atoms with Gasteiger partial charge in [-0.3, -0.25) is 9.48 Å². The van der Waals surface area contributed by atoms with Gasteiger partial charge in [0.05, 0.1) is 11.3 Å². The van der Waals surface area contributed by atoms with Gasteiger partial charge in [-0.1, -0.05) is 12.1 Å². The molecule has 124 valence electrons. The Morgan fingerprint density at radius 2 is 2.00 bits per heavy atom. The van der Waals surface area contributed by atoms with Crippen LogP contribution in [-0.4, -0.2) is 21.8 Å². The van der Waals surface area contributed by atoms with Crippen molar-refractivity contribution in [1.29, 1.82) is 0 Å². The monoisotopic (exact) mass is 327 g/mol. The highest BCUT2D eigenvalue weighted by Crippen LogP contribution is 2.36. The number of nitrogens with zero attached hydrogens (tertiary/aromatic N) is 2. The molecule has 2 aromatic rings. The number of hydrogen-bond acceptors (Lipinski definition) is 3. The number of rotatable bonds is 4. The molecule has 23 heavy (non-hydrogen) atoms. The number of alkyl halides is 3. The maximum atomic E-state index is 12.9. The van der Waals surface area contributed by atoms with E-state index in [9.17, 15) is 18.0 Å². The maximum Gasteiger partial charge on any atom is 0.419 e. The lowest BCUT2D eigenvalue weighted by molar-refractivity contribution is -0.140. The van der Waals surface area contributed by atoms with Gasteiger partial charge in [0.25, 0.3) is 5.91 Å². The van der Waals surface area contributed by atoms with Crippen molar-refractivity contribution in [2.45, 2.75) is 26.1 Å². The van der Waals surface area contributed by atoms with Gasteiger partial charge in [-0.15, -0.1) is 0 Å². The van der Waals surface area contributed by atoms with Gasteiger partial charge in [0.2, 0.25) is 0 Å². The summed E-state index contributed by atoms with van der Waals surface area (Å²) in [7, 11) is 1.65. The molecule has 0 aliphatic rings. The number of hydrogen-bond donors (Lipinski definition) is 1. The second-order valence-electron chi connectivity index (χ2n) is 5.04. The fourth-order valence-corrected chi connectivity index (χ4v) is 2.00. The molecule has 5 nitrogen and oxygen atoms in total. The number of benzene rings is 1. The number of halogens is 3. The molecule has 1 heterocycles. The molecule has 1 aromatic carbocycles. The zero-order chi connectivity index (χ0) is 17.2. The first-order valence-corrected chi connectivity index (χ1v) is 6.83. The third-order valence-corrected chi connectivity index (χ3v) is 3.12. The van der Waals surface area contributed by atoms with Crippen molar-refractivity contribution in [2.75, 3.05) is 5.32 Å². The highest BCUT2D eigenvalue weighted by atomic mass is 19.4. The Labute approximate surface area is 131 Å². The Hall–Kier alpha value is -2.51. The lowest BCUT2D eigenvalue weighted by atomic mass is 10.2. The van der Waals surface area contributed by atoms with E-state index in [2.05, 4.69) is 10.4 Å². The predicted octanol–water partition coefficient (Wildman–Crippen LogP) is 3.15. The zero-order valence-corrected chi connectivity index (χ0v) is 12.8. The van der Waals surface area contributed by atoms with Crippen molar-refractivity contribution in [3.05, 3.63) is 41.6 Å². The summed E-state index contributed by atoms with van der Waals surface area (Å²) in [4.78, 5) is 12.1. The Kier molecular flexibility index (Phi) is 4.63. The lowest BCUT2D eigenvalue weighted by Crippen LogP contribution is -2.31. The van der Waals surface area contributed by atoms with Gasteiger partial charge in [-0.2, -0.15) is 18.3 Å². The third-order valence-electron chi connectivity index (χ3n) is 3.12. The Morgan fingerprint density at radius 1 is 1.35 bits per heavy atom. The highest BCUT2D eigenvalue weighted by Gasteiger charge is 2.34. The molecule has 0 saturated carbocycles. The molecule has 0 bridgehead atoms. The van der Waals surface area contributed by atoms with Crippen LogP contribution in [0.4, 0.5) is 19.0 Å². The summed E-state index contributed by atoms with van der Waals surface area (Å²) in [6.07, 6.45) is -5.65. The summed E-state index contributed by atoms with van der Waals surface area (Å²) < 4.78 is 45.4. The van der Waals surface area contributed by atoms with E-state index in [4.69, 9.17) is 4.74 Å². The largest absolute Gasteiger partial charge is 0.480 e. The van der Waals surface area contributed by atoms with Gasteiger partial charge in [0.1, 0.15) is 11.6 Å². The second kappa shape index (κ2) is 6.31. The van der Waals surface area contributed by atoms with Crippen LogP contribution in [0.15, 0.2) is 30.3 Å². The first-order chi connectivity index (χ1) is 10.7. The van der Waals surface area contributed by atoms with Crippen molar-refractivity contribution in [3.8, 4) is 5.75 Å². The van der Waals surface area contributed by atoms with Crippen LogP contribution in [0.1, 0.15) is 18.2 Å². The molecule has 1 N–H and O–H groups in total. The number of carbonyl (C=O) groups is 1. The van der Waals surface area contributed by atoms with Gasteiger partial charge >= 0.3 is 6.18 Å². The summed E-state index contributed by atoms with van der Waals surface area (Å²) in [6, 6.07) is 6.41. The number of ether oxygens (including phenoxy) is 1. The van der Waals surface area contributed by atoms with E-state index in [-0.39, 0.29) is 5.75 Å². The molecule has 1 unspecified atom stereocenters. The van der Waals surface area contributed by atoms with Gasteiger partial charge in [0.15, 0.2) is 6.10 Å². The van der Waals surface area contributed by atoms with Crippen LogP contribution in [0.25, 0.3) is 0 Å². The molecule has 8 heteroatoms. The molecule has 0 aliphatic heterocycles. The third kappa shape index (κ3) is 4.02. The standard InChI is InChI=1S/C15H16F3N3O2/c1-9-8-13(21(3)20-9)19-14(22)10(2)23-12-7-5-4-6-11(12)15(16,17)18/h4-8,10H,1-3H3,(H,19,22). The number of carbonyl (C=O) groups excluding carboxylic acids is 1. The molecule has 1 aromatic heterocycles. The average Bonchev–Trinajstić information content (AvgIpc) is 2.76. The quantitative estimate of drug-likeness (QED) is 0.938. The van der Waals surface area contributed by atoms with E-state index in [0.29, 0.717) is 11.5 Å². The molecule has 1 amide bonds. The molecule has 2 rings (SSSR count). The molecule has 0 spiro atoms. The van der Waals surface area contributed by atoms with Gasteiger partial charge in [-0.25, -0.2) is 0 Å². The van der Waals surface area contributed by atoms with Gasteiger partial charge in [0, 0.05) is 13.1 Å². The minimum atomic E-state index is -4.55. The van der Waals surface area contributed by atoms with Crippen LogP contribution in [-0.2, 0) is 18.0 Å². The Morgan fingerprint density at radius 3 is 2.57 bits per heavy atom. The molecular formula is C15H16F3N3O2. The minimum Gasteiger partial charge on any atom is -0.480 e. The van der Waals surface area contributed by atoms with Crippen molar-refractivity contribution in [2.24, 2.45) is 7.05 Å². The Balaban J connectivity index is 2.12. The van der Waals surface area contributed by atoms with Crippen molar-refractivity contribution >= 4 is 11.7 Å². The molecule has 1 atom stereocenters. The van der Waals surface area contributed by atoms with Gasteiger partial charge < -0.3 is 10.1 Å². The number of aryl methyl sites for hydroxylation is 2. The van der Waals surface area contributed by atoms with Gasteiger partial charge in [-0.05, 0) is 26.0 Å². The number of anilines is 1. The van der Waals surface area contributed by atoms with E-state index in [1.54, 1.807) is 20.0 Å². The Bertz CT molecular complexity index is 710. The maximum absolute atomic E-state index is 12.9. The summed E-state index contributed by atoms with van der Waals surface area (Å²) in [5.41, 5.74) is -0.213. The smallest absolute Gasteiger partial charge is 0.419 e. The summed E-state index contributed by atoms with van der Waals surface area (Å²) in [5.74, 6) is -0.513. The fraction of sp³-hybridized carbons (Fsp3) is 0.333. The number of amides is 1. The minimum absolute atomic E-state index is 0.385. The van der Waals surface area contributed by atoms with E-state index in [0.717, 1.165) is 6.07 Å². The second-order valence-corrected chi connectivity index (χ2v) is 5.04. The normalized spacial score (nSPS) is 12.8. The predicted molar refractivity (Wildman–Crippen MR) is 78.1 cm³/mol. The van der Waals surface area contributed by atoms with Crippen LogP contribution < -0.4 is 10.1 Å². The molecule has 0 aliphatic carbocycles. The average molecular weight is 327 g/mol. The highest BCUT2D eigenvalue weighted by molar-refractivity contribution is 5.93. The zero-order valence-electron chi connectivity index (χ0n) is 12.8. The van der Waals surface area contributed by atoms with Crippen LogP contribution >= 0.6 is 0 Å². The number of nitrogens with one attached hydrogen (secondary N) is 1. The van der Waals surface area contributed by atoms with Crippen molar-refractivity contribution in [3.63, 3.8) is 0 Å². The van der Waals surface area contributed by atoms with Crippen LogP contribution in [0.3, 0.4) is 0 Å². The molecule has 0 saturated heterocycles. The summed E-state index contributed by atoms with van der Waals surface area (Å²) >= 11 is 0. The van der Waals surface area contributed by atoms with E-state index < -0.39 is 23.8 Å². The number of aromatic nitrogens is 2. The van der Waals surface area contributed by atoms with Crippen molar-refractivity contribution in [1.82, 2.24) is 9.78 Å². The number of para-hydroxylation sites is 1. The molecular weight excluding hydrogens is 311 g/mol. The molecule has 0 radical (unpaired) electrons. The van der Waals surface area contributed by atoms with E-state index >= 15 is 0 Å². The van der Waals surface area contributed by atoms with Crippen molar-refractivity contribution < 1.29 is 22.7 Å². The van der Waals surface area contributed by atoms with E-state index in [1.807, 2.05) is 0 Å². The SMILES string of the molecule is Cc1cc(NC(=O)C(C)Oc2ccccc2C(F)(F)F)n(C)n1. The fourth-order valence-electron chi connectivity index (χ4n) is 2.00. The lowest BCUT2D eigenvalue weighted by Gasteiger charge is -2.18.